The van der Waals surface area contributed by atoms with Crippen LogP contribution in [0.1, 0.15) is 37.7 Å². The van der Waals surface area contributed by atoms with Gasteiger partial charge in [-0.05, 0) is 30.4 Å². The first-order valence-electron chi connectivity index (χ1n) is 7.41. The molecule has 0 aromatic heterocycles. The van der Waals surface area contributed by atoms with E-state index in [1.54, 1.807) is 0 Å². The number of rotatable bonds is 2. The second-order valence-corrected chi connectivity index (χ2v) is 5.70. The number of likely N-dealkylation sites (tertiary alicyclic amines) is 1. The minimum absolute atomic E-state index is 0.0226. The van der Waals surface area contributed by atoms with E-state index in [2.05, 4.69) is 29.3 Å². The van der Waals surface area contributed by atoms with Gasteiger partial charge in [-0.25, -0.2) is 0 Å². The zero-order chi connectivity index (χ0) is 13.2. The van der Waals surface area contributed by atoms with Crippen molar-refractivity contribution in [3.05, 3.63) is 29.8 Å². The molecule has 0 radical (unpaired) electrons. The predicted octanol–water partition coefficient (Wildman–Crippen LogP) is 2.84. The molecule has 1 unspecified atom stereocenters. The van der Waals surface area contributed by atoms with E-state index in [1.807, 2.05) is 12.1 Å². The van der Waals surface area contributed by atoms with Crippen molar-refractivity contribution in [3.8, 4) is 0 Å². The van der Waals surface area contributed by atoms with Crippen molar-refractivity contribution in [2.24, 2.45) is 5.92 Å². The molecule has 1 saturated heterocycles. The molecule has 102 valence electrons. The number of amides is 1. The van der Waals surface area contributed by atoms with Crippen molar-refractivity contribution in [2.75, 3.05) is 25.0 Å². The number of fused-ring (bicyclic) bond motifs is 1. The molecule has 3 rings (SSSR count). The van der Waals surface area contributed by atoms with Gasteiger partial charge >= 0.3 is 0 Å². The van der Waals surface area contributed by atoms with Crippen LogP contribution < -0.4 is 5.32 Å². The largest absolute Gasteiger partial charge is 0.384 e. The maximum Gasteiger partial charge on any atom is 0.231 e. The molecule has 19 heavy (non-hydrogen) atoms. The normalized spacial score (nSPS) is 23.0. The Bertz CT molecular complexity index is 464. The lowest BCUT2D eigenvalue weighted by atomic mass is 9.92. The van der Waals surface area contributed by atoms with Crippen LogP contribution in [0.25, 0.3) is 0 Å². The number of carbonyl (C=O) groups excluding carboxylic acids is 1. The number of hydrogen-bond donors (Lipinski definition) is 1. The van der Waals surface area contributed by atoms with Gasteiger partial charge in [-0.1, -0.05) is 31.5 Å². The maximum atomic E-state index is 12.6. The van der Waals surface area contributed by atoms with Crippen molar-refractivity contribution in [1.29, 1.82) is 0 Å². The molecule has 0 saturated carbocycles. The summed E-state index contributed by atoms with van der Waals surface area (Å²) in [5, 5.41) is 3.34. The van der Waals surface area contributed by atoms with Gasteiger partial charge in [-0.15, -0.1) is 0 Å². The van der Waals surface area contributed by atoms with Crippen molar-refractivity contribution >= 4 is 11.6 Å². The van der Waals surface area contributed by atoms with Crippen LogP contribution in [0.15, 0.2) is 24.3 Å². The number of carbonyl (C=O) groups is 1. The number of benzene rings is 1. The second-order valence-electron chi connectivity index (χ2n) is 5.70. The average Bonchev–Trinajstić information content (AvgIpc) is 2.90. The summed E-state index contributed by atoms with van der Waals surface area (Å²) in [4.78, 5) is 14.7. The van der Waals surface area contributed by atoms with E-state index in [1.165, 1.54) is 24.8 Å². The lowest BCUT2D eigenvalue weighted by Crippen LogP contribution is -2.41. The van der Waals surface area contributed by atoms with Crippen molar-refractivity contribution < 1.29 is 4.79 Å². The number of hydrogen-bond acceptors (Lipinski definition) is 2. The summed E-state index contributed by atoms with van der Waals surface area (Å²) in [6, 6.07) is 8.18. The summed E-state index contributed by atoms with van der Waals surface area (Å²) >= 11 is 0. The summed E-state index contributed by atoms with van der Waals surface area (Å²) in [5.74, 6) is 1.15. The molecule has 1 N–H and O–H groups in total. The van der Waals surface area contributed by atoms with Crippen molar-refractivity contribution in [1.82, 2.24) is 4.90 Å². The fraction of sp³-hybridized carbons (Fsp3) is 0.562. The van der Waals surface area contributed by atoms with Gasteiger partial charge in [0.25, 0.3) is 0 Å². The van der Waals surface area contributed by atoms with E-state index in [0.717, 1.165) is 31.2 Å². The van der Waals surface area contributed by atoms with E-state index in [-0.39, 0.29) is 5.92 Å². The van der Waals surface area contributed by atoms with Crippen LogP contribution in [0.5, 0.6) is 0 Å². The van der Waals surface area contributed by atoms with Crippen LogP contribution in [-0.4, -0.2) is 30.4 Å². The van der Waals surface area contributed by atoms with Gasteiger partial charge < -0.3 is 10.2 Å². The number of para-hydroxylation sites is 1. The minimum atomic E-state index is 0.0226. The molecule has 1 aromatic carbocycles. The van der Waals surface area contributed by atoms with Crippen LogP contribution in [-0.2, 0) is 4.79 Å². The molecule has 2 heterocycles. The van der Waals surface area contributed by atoms with Gasteiger partial charge in [-0.3, -0.25) is 4.79 Å². The van der Waals surface area contributed by atoms with E-state index < -0.39 is 0 Å². The molecule has 1 aromatic rings. The quantitative estimate of drug-likeness (QED) is 0.884. The Labute approximate surface area is 115 Å². The SMILES string of the molecule is CCC1CCN(C(=O)C2CNc3ccccc32)CC1. The third kappa shape index (κ3) is 2.34. The zero-order valence-corrected chi connectivity index (χ0v) is 11.6. The van der Waals surface area contributed by atoms with Crippen LogP contribution in [0.4, 0.5) is 5.69 Å². The standard InChI is InChI=1S/C16H22N2O/c1-2-12-7-9-18(10-8-12)16(19)14-11-17-15-6-4-3-5-13(14)15/h3-6,12,14,17H,2,7-11H2,1H3. The summed E-state index contributed by atoms with van der Waals surface area (Å²) < 4.78 is 0. The molecule has 2 aliphatic heterocycles. The molecule has 0 aliphatic carbocycles. The summed E-state index contributed by atoms with van der Waals surface area (Å²) in [5.41, 5.74) is 2.30. The monoisotopic (exact) mass is 258 g/mol. The fourth-order valence-electron chi connectivity index (χ4n) is 3.29. The van der Waals surface area contributed by atoms with E-state index in [9.17, 15) is 4.79 Å². The Hall–Kier alpha value is -1.51. The van der Waals surface area contributed by atoms with Crippen molar-refractivity contribution in [2.45, 2.75) is 32.1 Å². The molecule has 3 heteroatoms. The molecule has 1 fully saturated rings. The highest BCUT2D eigenvalue weighted by atomic mass is 16.2. The molecule has 0 spiro atoms. The Morgan fingerprint density at radius 1 is 1.32 bits per heavy atom. The topological polar surface area (TPSA) is 32.3 Å². The van der Waals surface area contributed by atoms with Crippen LogP contribution in [0.2, 0.25) is 0 Å². The highest BCUT2D eigenvalue weighted by Crippen LogP contribution is 2.33. The first-order valence-corrected chi connectivity index (χ1v) is 7.41. The van der Waals surface area contributed by atoms with E-state index in [4.69, 9.17) is 0 Å². The molecule has 1 atom stereocenters. The highest BCUT2D eigenvalue weighted by Gasteiger charge is 2.32. The van der Waals surface area contributed by atoms with E-state index >= 15 is 0 Å². The lowest BCUT2D eigenvalue weighted by Gasteiger charge is -2.33. The smallest absolute Gasteiger partial charge is 0.231 e. The molecule has 2 aliphatic rings. The van der Waals surface area contributed by atoms with Crippen LogP contribution >= 0.6 is 0 Å². The lowest BCUT2D eigenvalue weighted by molar-refractivity contribution is -0.133. The minimum Gasteiger partial charge on any atom is -0.384 e. The summed E-state index contributed by atoms with van der Waals surface area (Å²) in [6.45, 7) is 4.89. The van der Waals surface area contributed by atoms with Gasteiger partial charge in [0.05, 0.1) is 5.92 Å². The first kappa shape index (κ1) is 12.5. The second kappa shape index (κ2) is 5.24. The van der Waals surface area contributed by atoms with Crippen LogP contribution in [0, 0.1) is 5.92 Å². The predicted molar refractivity (Wildman–Crippen MR) is 77.3 cm³/mol. The average molecular weight is 258 g/mol. The number of piperidine rings is 1. The maximum absolute atomic E-state index is 12.6. The molecule has 0 bridgehead atoms. The van der Waals surface area contributed by atoms with Gasteiger partial charge in [0.15, 0.2) is 0 Å². The third-order valence-corrected chi connectivity index (χ3v) is 4.63. The first-order chi connectivity index (χ1) is 9.29. The van der Waals surface area contributed by atoms with E-state index in [0.29, 0.717) is 5.91 Å². The number of anilines is 1. The Morgan fingerprint density at radius 3 is 2.79 bits per heavy atom. The van der Waals surface area contributed by atoms with Gasteiger partial charge in [-0.2, -0.15) is 0 Å². The zero-order valence-electron chi connectivity index (χ0n) is 11.6. The molecule has 3 nitrogen and oxygen atoms in total. The molecule has 1 amide bonds. The highest BCUT2D eigenvalue weighted by molar-refractivity contribution is 5.88. The number of nitrogens with zero attached hydrogens (tertiary/aromatic N) is 1. The van der Waals surface area contributed by atoms with Gasteiger partial charge in [0.1, 0.15) is 0 Å². The Balaban J connectivity index is 1.69. The third-order valence-electron chi connectivity index (χ3n) is 4.63. The number of nitrogens with one attached hydrogen (secondary N) is 1. The van der Waals surface area contributed by atoms with Gasteiger partial charge in [0.2, 0.25) is 5.91 Å². The summed E-state index contributed by atoms with van der Waals surface area (Å²) in [6.07, 6.45) is 3.59. The Morgan fingerprint density at radius 2 is 2.05 bits per heavy atom. The van der Waals surface area contributed by atoms with Crippen LogP contribution in [0.3, 0.4) is 0 Å². The molecular weight excluding hydrogens is 236 g/mol. The van der Waals surface area contributed by atoms with Crippen molar-refractivity contribution in [3.63, 3.8) is 0 Å². The summed E-state index contributed by atoms with van der Waals surface area (Å²) in [7, 11) is 0. The molecular formula is C16H22N2O. The van der Waals surface area contributed by atoms with Gasteiger partial charge in [0, 0.05) is 25.3 Å². The fourth-order valence-corrected chi connectivity index (χ4v) is 3.29. The Kier molecular flexibility index (Phi) is 3.45.